The Bertz CT molecular complexity index is 988. The highest BCUT2D eigenvalue weighted by molar-refractivity contribution is 5.76. The molecule has 0 atom stereocenters. The van der Waals surface area contributed by atoms with Gasteiger partial charge in [-0.2, -0.15) is 0 Å². The minimum Gasteiger partial charge on any atom is -0.456 e. The Hall–Kier alpha value is -2.22. The van der Waals surface area contributed by atoms with Gasteiger partial charge in [0, 0.05) is 35.6 Å². The molecule has 2 nitrogen and oxygen atoms in total. The molecule has 134 valence electrons. The first-order chi connectivity index (χ1) is 12.7. The lowest BCUT2D eigenvalue weighted by Crippen LogP contribution is -2.23. The van der Waals surface area contributed by atoms with Crippen LogP contribution in [0.1, 0.15) is 56.6 Å². The number of hydrogen-bond acceptors (Lipinski definition) is 2. The van der Waals surface area contributed by atoms with E-state index in [1.54, 1.807) is 5.57 Å². The van der Waals surface area contributed by atoms with Crippen LogP contribution in [-0.4, -0.2) is 13.1 Å². The summed E-state index contributed by atoms with van der Waals surface area (Å²) in [4.78, 5) is 2.48. The monoisotopic (exact) mass is 345 g/mol. The maximum atomic E-state index is 6.52. The smallest absolute Gasteiger partial charge is 0.138 e. The van der Waals surface area contributed by atoms with Gasteiger partial charge >= 0.3 is 0 Å². The first-order valence-electron chi connectivity index (χ1n) is 10.1. The van der Waals surface area contributed by atoms with Crippen LogP contribution in [0, 0.1) is 6.92 Å². The molecule has 2 aromatic carbocycles. The molecule has 1 saturated heterocycles. The molecule has 2 aliphatic heterocycles. The van der Waals surface area contributed by atoms with Crippen molar-refractivity contribution < 1.29 is 4.74 Å². The van der Waals surface area contributed by atoms with Crippen LogP contribution in [0.3, 0.4) is 0 Å². The highest BCUT2D eigenvalue weighted by Gasteiger charge is 2.21. The summed E-state index contributed by atoms with van der Waals surface area (Å²) in [6.07, 6.45) is 7.76. The number of hydrogen-bond donors (Lipinski definition) is 0. The quantitative estimate of drug-likeness (QED) is 0.746. The molecular weight excluding hydrogens is 318 g/mol. The number of ether oxygens (including phenoxy) is 1. The molecule has 0 bridgehead atoms. The van der Waals surface area contributed by atoms with Gasteiger partial charge < -0.3 is 9.64 Å². The van der Waals surface area contributed by atoms with E-state index in [4.69, 9.17) is 4.74 Å². The predicted octanol–water partition coefficient (Wildman–Crippen LogP) is 4.64. The van der Waals surface area contributed by atoms with Crippen molar-refractivity contribution in [3.63, 3.8) is 0 Å². The molecular formula is C24H27NO. The summed E-state index contributed by atoms with van der Waals surface area (Å²) in [5.41, 5.74) is 6.80. The van der Waals surface area contributed by atoms with Crippen LogP contribution < -0.4 is 20.1 Å². The van der Waals surface area contributed by atoms with Crippen LogP contribution in [0.5, 0.6) is 11.5 Å². The maximum absolute atomic E-state index is 6.52. The fourth-order valence-electron chi connectivity index (χ4n) is 4.90. The van der Waals surface area contributed by atoms with Gasteiger partial charge in [-0.3, -0.25) is 0 Å². The first kappa shape index (κ1) is 16.0. The van der Waals surface area contributed by atoms with E-state index in [-0.39, 0.29) is 0 Å². The molecule has 2 heteroatoms. The molecule has 0 N–H and O–H groups in total. The van der Waals surface area contributed by atoms with Crippen molar-refractivity contribution in [1.29, 1.82) is 0 Å². The van der Waals surface area contributed by atoms with Crippen molar-refractivity contribution in [1.82, 2.24) is 0 Å². The van der Waals surface area contributed by atoms with Crippen molar-refractivity contribution in [2.45, 2.75) is 52.4 Å². The Balaban J connectivity index is 1.66. The lowest BCUT2D eigenvalue weighted by Gasteiger charge is -2.24. The largest absolute Gasteiger partial charge is 0.456 e. The SMILES string of the molecule is CC1=c2ccc(=C3CCCC3)c(C)c2Oc2cc(N3CCCC3)ccc21. The molecule has 3 aliphatic rings. The van der Waals surface area contributed by atoms with E-state index in [9.17, 15) is 0 Å². The van der Waals surface area contributed by atoms with Crippen LogP contribution in [0.2, 0.25) is 0 Å². The van der Waals surface area contributed by atoms with Gasteiger partial charge in [0.2, 0.25) is 0 Å². The van der Waals surface area contributed by atoms with Crippen LogP contribution in [0.15, 0.2) is 30.3 Å². The summed E-state index contributed by atoms with van der Waals surface area (Å²) in [6.45, 7) is 6.80. The molecule has 5 rings (SSSR count). The van der Waals surface area contributed by atoms with Gasteiger partial charge in [0.25, 0.3) is 0 Å². The Labute approximate surface area is 155 Å². The third kappa shape index (κ3) is 2.46. The van der Waals surface area contributed by atoms with E-state index in [0.29, 0.717) is 0 Å². The Morgan fingerprint density at radius 3 is 2.35 bits per heavy atom. The van der Waals surface area contributed by atoms with E-state index >= 15 is 0 Å². The molecule has 2 aromatic rings. The summed E-state index contributed by atoms with van der Waals surface area (Å²) >= 11 is 0. The zero-order valence-electron chi connectivity index (χ0n) is 15.9. The van der Waals surface area contributed by atoms with Crippen LogP contribution in [-0.2, 0) is 0 Å². The van der Waals surface area contributed by atoms with Gasteiger partial charge in [0.15, 0.2) is 0 Å². The minimum absolute atomic E-state index is 1.02. The number of nitrogens with zero attached hydrogens (tertiary/aromatic N) is 1. The van der Waals surface area contributed by atoms with Crippen molar-refractivity contribution in [3.05, 3.63) is 51.9 Å². The van der Waals surface area contributed by atoms with Crippen molar-refractivity contribution in [3.8, 4) is 11.5 Å². The second kappa shape index (κ2) is 6.19. The normalized spacial score (nSPS) is 18.8. The molecule has 0 amide bonds. The second-order valence-electron chi connectivity index (χ2n) is 8.03. The third-order valence-electron chi connectivity index (χ3n) is 6.45. The maximum Gasteiger partial charge on any atom is 0.138 e. The van der Waals surface area contributed by atoms with Gasteiger partial charge in [-0.1, -0.05) is 17.7 Å². The first-order valence-corrected chi connectivity index (χ1v) is 10.1. The fourth-order valence-corrected chi connectivity index (χ4v) is 4.90. The lowest BCUT2D eigenvalue weighted by molar-refractivity contribution is 0.467. The van der Waals surface area contributed by atoms with Gasteiger partial charge in [0.05, 0.1) is 0 Å². The molecule has 1 aliphatic carbocycles. The molecule has 26 heavy (non-hydrogen) atoms. The summed E-state index contributed by atoms with van der Waals surface area (Å²) in [5.74, 6) is 2.10. The molecule has 2 fully saturated rings. The predicted molar refractivity (Wildman–Crippen MR) is 108 cm³/mol. The third-order valence-corrected chi connectivity index (χ3v) is 6.45. The topological polar surface area (TPSA) is 12.5 Å². The summed E-state index contributed by atoms with van der Waals surface area (Å²) in [5, 5.41) is 2.68. The number of rotatable bonds is 1. The van der Waals surface area contributed by atoms with Crippen LogP contribution in [0.4, 0.5) is 5.69 Å². The molecule has 0 unspecified atom stereocenters. The van der Waals surface area contributed by atoms with Crippen molar-refractivity contribution >= 4 is 16.8 Å². The minimum atomic E-state index is 1.02. The molecule has 0 spiro atoms. The number of benzene rings is 2. The average Bonchev–Trinajstić information content (AvgIpc) is 3.36. The Kier molecular flexibility index (Phi) is 3.81. The van der Waals surface area contributed by atoms with Gasteiger partial charge in [-0.05, 0) is 80.9 Å². The standard InChI is InChI=1S/C24H27NO/c1-16-21-10-9-19(25-13-5-6-14-25)15-23(21)26-24-17(2)20(11-12-22(16)24)18-7-3-4-8-18/h9-12,15H,3-8,13-14H2,1-2H3. The van der Waals surface area contributed by atoms with E-state index in [1.807, 2.05) is 0 Å². The molecule has 2 heterocycles. The van der Waals surface area contributed by atoms with Crippen LogP contribution in [0.25, 0.3) is 11.1 Å². The van der Waals surface area contributed by atoms with Gasteiger partial charge in [0.1, 0.15) is 11.5 Å². The number of anilines is 1. The summed E-state index contributed by atoms with van der Waals surface area (Å²) < 4.78 is 6.52. The summed E-state index contributed by atoms with van der Waals surface area (Å²) in [6, 6.07) is 11.4. The number of fused-ring (bicyclic) bond motifs is 2. The Morgan fingerprint density at radius 2 is 1.58 bits per heavy atom. The fraction of sp³-hybridized carbons (Fsp3) is 0.417. The lowest BCUT2D eigenvalue weighted by atomic mass is 9.96. The van der Waals surface area contributed by atoms with E-state index in [0.717, 1.165) is 11.5 Å². The van der Waals surface area contributed by atoms with E-state index in [1.165, 1.54) is 84.4 Å². The zero-order valence-corrected chi connectivity index (χ0v) is 15.9. The average molecular weight is 345 g/mol. The Morgan fingerprint density at radius 1 is 0.846 bits per heavy atom. The molecule has 0 radical (unpaired) electrons. The van der Waals surface area contributed by atoms with Crippen molar-refractivity contribution in [2.24, 2.45) is 0 Å². The van der Waals surface area contributed by atoms with E-state index < -0.39 is 0 Å². The second-order valence-corrected chi connectivity index (χ2v) is 8.03. The van der Waals surface area contributed by atoms with Gasteiger partial charge in [-0.15, -0.1) is 0 Å². The molecule has 1 saturated carbocycles. The van der Waals surface area contributed by atoms with Gasteiger partial charge in [-0.25, -0.2) is 0 Å². The van der Waals surface area contributed by atoms with E-state index in [2.05, 4.69) is 49.1 Å². The molecule has 0 aromatic heterocycles. The highest BCUT2D eigenvalue weighted by atomic mass is 16.5. The highest BCUT2D eigenvalue weighted by Crippen LogP contribution is 2.37. The van der Waals surface area contributed by atoms with Crippen molar-refractivity contribution in [2.75, 3.05) is 18.0 Å². The summed E-state index contributed by atoms with van der Waals surface area (Å²) in [7, 11) is 0. The zero-order chi connectivity index (χ0) is 17.7. The van der Waals surface area contributed by atoms with Crippen LogP contribution >= 0.6 is 0 Å².